The third kappa shape index (κ3) is 3.97. The smallest absolute Gasteiger partial charge is 0.253 e. The fourth-order valence-electron chi connectivity index (χ4n) is 2.53. The maximum absolute atomic E-state index is 12.2. The number of H-pyrrole nitrogens is 1. The Hall–Kier alpha value is -2.10. The van der Waals surface area contributed by atoms with Gasteiger partial charge in [-0.25, -0.2) is 0 Å². The highest BCUT2D eigenvalue weighted by molar-refractivity contribution is 5.79. The molecule has 0 fully saturated rings. The van der Waals surface area contributed by atoms with Crippen molar-refractivity contribution in [2.45, 2.75) is 46.1 Å². The molecular weight excluding hydrogens is 276 g/mol. The zero-order chi connectivity index (χ0) is 15.9. The Balaban J connectivity index is 2.26. The number of rotatable bonds is 7. The van der Waals surface area contributed by atoms with Gasteiger partial charge in [0.05, 0.1) is 6.54 Å². The van der Waals surface area contributed by atoms with Crippen LogP contribution in [0.2, 0.25) is 0 Å². The number of nitrogens with one attached hydrogen (secondary N) is 1. The first kappa shape index (κ1) is 16.3. The SMILES string of the molecule is CCCCN(Cc1cc2ccccc2[nH]c1=O)C(=O)CCC. The number of carbonyl (C=O) groups is 1. The van der Waals surface area contributed by atoms with Crippen molar-refractivity contribution in [3.63, 3.8) is 0 Å². The second-order valence-electron chi connectivity index (χ2n) is 5.63. The molecule has 0 atom stereocenters. The first-order valence-electron chi connectivity index (χ1n) is 8.04. The summed E-state index contributed by atoms with van der Waals surface area (Å²) >= 11 is 0. The van der Waals surface area contributed by atoms with Gasteiger partial charge in [0.2, 0.25) is 5.91 Å². The van der Waals surface area contributed by atoms with Crippen molar-refractivity contribution in [3.8, 4) is 0 Å². The van der Waals surface area contributed by atoms with Crippen LogP contribution in [0.25, 0.3) is 10.9 Å². The second-order valence-corrected chi connectivity index (χ2v) is 5.63. The molecule has 0 spiro atoms. The number of nitrogens with zero attached hydrogens (tertiary/aromatic N) is 1. The van der Waals surface area contributed by atoms with Crippen LogP contribution in [-0.4, -0.2) is 22.3 Å². The lowest BCUT2D eigenvalue weighted by molar-refractivity contribution is -0.131. The number of pyridine rings is 1. The van der Waals surface area contributed by atoms with Gasteiger partial charge in [-0.2, -0.15) is 0 Å². The molecule has 1 N–H and O–H groups in total. The van der Waals surface area contributed by atoms with Crippen molar-refractivity contribution >= 4 is 16.8 Å². The molecule has 2 rings (SSSR count). The maximum Gasteiger partial charge on any atom is 0.253 e. The minimum Gasteiger partial charge on any atom is -0.338 e. The van der Waals surface area contributed by atoms with Gasteiger partial charge in [0.15, 0.2) is 0 Å². The quantitative estimate of drug-likeness (QED) is 0.851. The van der Waals surface area contributed by atoms with Gasteiger partial charge in [0.25, 0.3) is 5.56 Å². The number of aromatic nitrogens is 1. The molecule has 1 aromatic heterocycles. The van der Waals surface area contributed by atoms with E-state index in [1.54, 1.807) is 0 Å². The Bertz CT molecular complexity index is 691. The van der Waals surface area contributed by atoms with Crippen molar-refractivity contribution in [3.05, 3.63) is 46.2 Å². The summed E-state index contributed by atoms with van der Waals surface area (Å²) < 4.78 is 0. The van der Waals surface area contributed by atoms with Crippen LogP contribution >= 0.6 is 0 Å². The Morgan fingerprint density at radius 3 is 2.68 bits per heavy atom. The van der Waals surface area contributed by atoms with Gasteiger partial charge in [-0.3, -0.25) is 9.59 Å². The average Bonchev–Trinajstić information content (AvgIpc) is 2.52. The first-order valence-corrected chi connectivity index (χ1v) is 8.04. The Labute approximate surface area is 131 Å². The normalized spacial score (nSPS) is 10.8. The summed E-state index contributed by atoms with van der Waals surface area (Å²) in [6.07, 6.45) is 3.36. The second kappa shape index (κ2) is 7.78. The number of hydrogen-bond acceptors (Lipinski definition) is 2. The van der Waals surface area contributed by atoms with Crippen molar-refractivity contribution in [2.24, 2.45) is 0 Å². The van der Waals surface area contributed by atoms with Crippen LogP contribution < -0.4 is 5.56 Å². The molecule has 0 aliphatic carbocycles. The van der Waals surface area contributed by atoms with Crippen molar-refractivity contribution in [1.82, 2.24) is 9.88 Å². The van der Waals surface area contributed by atoms with Crippen LogP contribution in [0.1, 0.15) is 45.1 Å². The first-order chi connectivity index (χ1) is 10.7. The van der Waals surface area contributed by atoms with Crippen molar-refractivity contribution < 1.29 is 4.79 Å². The molecule has 1 amide bonds. The lowest BCUT2D eigenvalue weighted by atomic mass is 10.1. The number of benzene rings is 1. The summed E-state index contributed by atoms with van der Waals surface area (Å²) in [5, 5.41) is 0.996. The van der Waals surface area contributed by atoms with Crippen LogP contribution in [0.5, 0.6) is 0 Å². The topological polar surface area (TPSA) is 53.2 Å². The zero-order valence-corrected chi connectivity index (χ0v) is 13.4. The molecule has 22 heavy (non-hydrogen) atoms. The summed E-state index contributed by atoms with van der Waals surface area (Å²) in [7, 11) is 0. The van der Waals surface area contributed by atoms with Crippen LogP contribution in [0, 0.1) is 0 Å². The summed E-state index contributed by atoms with van der Waals surface area (Å²) in [6, 6.07) is 9.60. The monoisotopic (exact) mass is 300 g/mol. The van der Waals surface area contributed by atoms with Crippen LogP contribution in [0.4, 0.5) is 0 Å². The average molecular weight is 300 g/mol. The van der Waals surface area contributed by atoms with Crippen LogP contribution in [0.15, 0.2) is 35.1 Å². The molecule has 0 aliphatic rings. The fourth-order valence-corrected chi connectivity index (χ4v) is 2.53. The largest absolute Gasteiger partial charge is 0.338 e. The van der Waals surface area contributed by atoms with E-state index in [-0.39, 0.29) is 11.5 Å². The summed E-state index contributed by atoms with van der Waals surface area (Å²) in [5.74, 6) is 0.128. The molecule has 0 saturated carbocycles. The van der Waals surface area contributed by atoms with E-state index in [1.807, 2.05) is 42.2 Å². The highest BCUT2D eigenvalue weighted by Crippen LogP contribution is 2.12. The minimum atomic E-state index is -0.107. The summed E-state index contributed by atoms with van der Waals surface area (Å²) in [4.78, 5) is 29.2. The number of carbonyl (C=O) groups excluding carboxylic acids is 1. The summed E-state index contributed by atoms with van der Waals surface area (Å²) in [5.41, 5.74) is 1.37. The number of amides is 1. The number of hydrogen-bond donors (Lipinski definition) is 1. The van der Waals surface area contributed by atoms with E-state index in [4.69, 9.17) is 0 Å². The van der Waals surface area contributed by atoms with Gasteiger partial charge in [-0.15, -0.1) is 0 Å². The molecule has 0 radical (unpaired) electrons. The molecule has 1 aromatic carbocycles. The summed E-state index contributed by atoms with van der Waals surface area (Å²) in [6.45, 7) is 5.20. The van der Waals surface area contributed by atoms with Gasteiger partial charge >= 0.3 is 0 Å². The molecule has 4 nitrogen and oxygen atoms in total. The van der Waals surface area contributed by atoms with Gasteiger partial charge < -0.3 is 9.88 Å². The molecular formula is C18H24N2O2. The standard InChI is InChI=1S/C18H24N2O2/c1-3-5-11-20(17(21)8-4-2)13-15-12-14-9-6-7-10-16(14)19-18(15)22/h6-7,9-10,12H,3-5,8,11,13H2,1-2H3,(H,19,22). The third-order valence-electron chi connectivity index (χ3n) is 3.79. The Morgan fingerprint density at radius 2 is 1.95 bits per heavy atom. The van der Waals surface area contributed by atoms with Gasteiger partial charge in [-0.05, 0) is 30.4 Å². The molecule has 0 bridgehead atoms. The predicted octanol–water partition coefficient (Wildman–Crippen LogP) is 3.46. The molecule has 4 heteroatoms. The third-order valence-corrected chi connectivity index (χ3v) is 3.79. The minimum absolute atomic E-state index is 0.107. The number of para-hydroxylation sites is 1. The molecule has 118 valence electrons. The Kier molecular flexibility index (Phi) is 5.75. The molecule has 2 aromatic rings. The van der Waals surface area contributed by atoms with Gasteiger partial charge in [0.1, 0.15) is 0 Å². The van der Waals surface area contributed by atoms with E-state index >= 15 is 0 Å². The van der Waals surface area contributed by atoms with Gasteiger partial charge in [-0.1, -0.05) is 38.5 Å². The highest BCUT2D eigenvalue weighted by atomic mass is 16.2. The van der Waals surface area contributed by atoms with E-state index in [0.717, 1.165) is 30.2 Å². The molecule has 0 aliphatic heterocycles. The lowest BCUT2D eigenvalue weighted by Gasteiger charge is -2.22. The van der Waals surface area contributed by atoms with Gasteiger partial charge in [0, 0.05) is 24.0 Å². The fraction of sp³-hybridized carbons (Fsp3) is 0.444. The molecule has 1 heterocycles. The molecule has 0 unspecified atom stereocenters. The zero-order valence-electron chi connectivity index (χ0n) is 13.4. The Morgan fingerprint density at radius 1 is 1.18 bits per heavy atom. The number of aromatic amines is 1. The number of fused-ring (bicyclic) bond motifs is 1. The lowest BCUT2D eigenvalue weighted by Crippen LogP contribution is -2.33. The van der Waals surface area contributed by atoms with E-state index in [9.17, 15) is 9.59 Å². The predicted molar refractivity (Wildman–Crippen MR) is 89.8 cm³/mol. The van der Waals surface area contributed by atoms with E-state index in [1.165, 1.54) is 0 Å². The maximum atomic E-state index is 12.2. The van der Waals surface area contributed by atoms with E-state index in [2.05, 4.69) is 11.9 Å². The van der Waals surface area contributed by atoms with Crippen molar-refractivity contribution in [2.75, 3.05) is 6.54 Å². The van der Waals surface area contributed by atoms with E-state index < -0.39 is 0 Å². The van der Waals surface area contributed by atoms with Crippen LogP contribution in [-0.2, 0) is 11.3 Å². The number of unbranched alkanes of at least 4 members (excludes halogenated alkanes) is 1. The highest BCUT2D eigenvalue weighted by Gasteiger charge is 2.14. The van der Waals surface area contributed by atoms with Crippen molar-refractivity contribution in [1.29, 1.82) is 0 Å². The molecule has 0 saturated heterocycles. The van der Waals surface area contributed by atoms with E-state index in [0.29, 0.717) is 25.1 Å². The van der Waals surface area contributed by atoms with Crippen LogP contribution in [0.3, 0.4) is 0 Å².